The van der Waals surface area contributed by atoms with E-state index in [1.54, 1.807) is 38.1 Å². The SMILES string of the molecule is CC(=O)c1ccc(NC(=O)C(NC(=O)c2c(F)cccc2F)C(C)C)cc1. The highest BCUT2D eigenvalue weighted by atomic mass is 19.1. The topological polar surface area (TPSA) is 75.3 Å². The van der Waals surface area contributed by atoms with E-state index in [2.05, 4.69) is 10.6 Å². The molecular weight excluding hydrogens is 354 g/mol. The molecule has 1 unspecified atom stereocenters. The average Bonchev–Trinajstić information content (AvgIpc) is 2.59. The molecule has 0 aromatic heterocycles. The predicted octanol–water partition coefficient (Wildman–Crippen LogP) is 3.56. The van der Waals surface area contributed by atoms with Crippen molar-refractivity contribution in [1.82, 2.24) is 5.32 Å². The second-order valence-corrected chi connectivity index (χ2v) is 6.41. The molecule has 0 bridgehead atoms. The summed E-state index contributed by atoms with van der Waals surface area (Å²) in [7, 11) is 0. The fourth-order valence-corrected chi connectivity index (χ4v) is 2.47. The Hall–Kier alpha value is -3.09. The number of Topliss-reactive ketones (excluding diaryl/α,β-unsaturated/α-hetero) is 1. The summed E-state index contributed by atoms with van der Waals surface area (Å²) in [5.41, 5.74) is 0.195. The van der Waals surface area contributed by atoms with Crippen LogP contribution in [0, 0.1) is 17.6 Å². The first kappa shape index (κ1) is 20.2. The van der Waals surface area contributed by atoms with Crippen LogP contribution in [0.3, 0.4) is 0 Å². The Morgan fingerprint density at radius 2 is 1.48 bits per heavy atom. The van der Waals surface area contributed by atoms with Gasteiger partial charge in [0, 0.05) is 11.3 Å². The Balaban J connectivity index is 2.15. The minimum absolute atomic E-state index is 0.105. The van der Waals surface area contributed by atoms with Crippen molar-refractivity contribution in [2.24, 2.45) is 5.92 Å². The molecule has 0 spiro atoms. The number of halogens is 2. The molecule has 27 heavy (non-hydrogen) atoms. The molecule has 0 aliphatic rings. The van der Waals surface area contributed by atoms with Crippen molar-refractivity contribution in [2.45, 2.75) is 26.8 Å². The Morgan fingerprint density at radius 3 is 1.96 bits per heavy atom. The van der Waals surface area contributed by atoms with E-state index in [9.17, 15) is 23.2 Å². The Bertz CT molecular complexity index is 844. The van der Waals surface area contributed by atoms with E-state index < -0.39 is 35.1 Å². The summed E-state index contributed by atoms with van der Waals surface area (Å²) < 4.78 is 27.5. The van der Waals surface area contributed by atoms with Gasteiger partial charge in [0.2, 0.25) is 5.91 Å². The molecule has 7 heteroatoms. The van der Waals surface area contributed by atoms with Gasteiger partial charge in [-0.1, -0.05) is 19.9 Å². The third kappa shape index (κ3) is 4.97. The average molecular weight is 374 g/mol. The number of nitrogens with one attached hydrogen (secondary N) is 2. The lowest BCUT2D eigenvalue weighted by atomic mass is 10.0. The molecule has 0 saturated carbocycles. The second-order valence-electron chi connectivity index (χ2n) is 6.41. The molecule has 0 aliphatic heterocycles. The summed E-state index contributed by atoms with van der Waals surface area (Å²) in [5.74, 6) is -3.99. The number of amides is 2. The molecule has 0 heterocycles. The van der Waals surface area contributed by atoms with Gasteiger partial charge in [0.15, 0.2) is 5.78 Å². The van der Waals surface area contributed by atoms with Crippen molar-refractivity contribution in [2.75, 3.05) is 5.32 Å². The minimum Gasteiger partial charge on any atom is -0.340 e. The molecule has 0 fully saturated rings. The first-order chi connectivity index (χ1) is 12.7. The van der Waals surface area contributed by atoms with E-state index in [0.717, 1.165) is 18.2 Å². The maximum Gasteiger partial charge on any atom is 0.257 e. The van der Waals surface area contributed by atoms with Gasteiger partial charge in [0.05, 0.1) is 0 Å². The molecule has 0 saturated heterocycles. The minimum atomic E-state index is -1.01. The number of ketones is 1. The van der Waals surface area contributed by atoms with Gasteiger partial charge in [0.25, 0.3) is 5.91 Å². The van der Waals surface area contributed by atoms with Gasteiger partial charge in [-0.2, -0.15) is 0 Å². The van der Waals surface area contributed by atoms with Gasteiger partial charge in [-0.05, 0) is 49.2 Å². The standard InChI is InChI=1S/C20H20F2N2O3/c1-11(2)18(24-19(26)17-15(21)5-4-6-16(17)22)20(27)23-14-9-7-13(8-10-14)12(3)25/h4-11,18H,1-3H3,(H,23,27)(H,24,26). The van der Waals surface area contributed by atoms with E-state index in [-0.39, 0.29) is 11.7 Å². The van der Waals surface area contributed by atoms with E-state index in [4.69, 9.17) is 0 Å². The van der Waals surface area contributed by atoms with E-state index in [1.165, 1.54) is 6.92 Å². The normalized spacial score (nSPS) is 11.8. The van der Waals surface area contributed by atoms with E-state index in [0.29, 0.717) is 11.3 Å². The lowest BCUT2D eigenvalue weighted by molar-refractivity contribution is -0.118. The first-order valence-corrected chi connectivity index (χ1v) is 8.37. The zero-order valence-corrected chi connectivity index (χ0v) is 15.2. The maximum atomic E-state index is 13.8. The number of carbonyl (C=O) groups is 3. The molecule has 2 rings (SSSR count). The van der Waals surface area contributed by atoms with Crippen LogP contribution in [0.4, 0.5) is 14.5 Å². The molecule has 2 aromatic rings. The van der Waals surface area contributed by atoms with Gasteiger partial charge < -0.3 is 10.6 Å². The van der Waals surface area contributed by atoms with Crippen molar-refractivity contribution < 1.29 is 23.2 Å². The summed E-state index contributed by atoms with van der Waals surface area (Å²) in [6.07, 6.45) is 0. The molecule has 2 amide bonds. The van der Waals surface area contributed by atoms with Crippen molar-refractivity contribution in [3.8, 4) is 0 Å². The smallest absolute Gasteiger partial charge is 0.257 e. The van der Waals surface area contributed by atoms with Crippen LogP contribution in [-0.4, -0.2) is 23.6 Å². The highest BCUT2D eigenvalue weighted by Crippen LogP contribution is 2.15. The van der Waals surface area contributed by atoms with Crippen LogP contribution in [0.15, 0.2) is 42.5 Å². The Kier molecular flexibility index (Phi) is 6.39. The summed E-state index contributed by atoms with van der Waals surface area (Å²) in [4.78, 5) is 36.1. The highest BCUT2D eigenvalue weighted by Gasteiger charge is 2.27. The van der Waals surface area contributed by atoms with Crippen molar-refractivity contribution >= 4 is 23.3 Å². The van der Waals surface area contributed by atoms with Crippen LogP contribution in [0.5, 0.6) is 0 Å². The monoisotopic (exact) mass is 374 g/mol. The fourth-order valence-electron chi connectivity index (χ4n) is 2.47. The maximum absolute atomic E-state index is 13.8. The molecule has 0 aliphatic carbocycles. The molecule has 0 radical (unpaired) electrons. The number of hydrogen-bond donors (Lipinski definition) is 2. The summed E-state index contributed by atoms with van der Waals surface area (Å²) in [5, 5.41) is 5.00. The molecule has 142 valence electrons. The van der Waals surface area contributed by atoms with Crippen LogP contribution in [0.2, 0.25) is 0 Å². The van der Waals surface area contributed by atoms with Crippen LogP contribution in [0.1, 0.15) is 41.5 Å². The Labute approximate surface area is 155 Å². The largest absolute Gasteiger partial charge is 0.340 e. The predicted molar refractivity (Wildman–Crippen MR) is 97.5 cm³/mol. The third-order valence-electron chi connectivity index (χ3n) is 3.98. The number of hydrogen-bond acceptors (Lipinski definition) is 3. The highest BCUT2D eigenvalue weighted by molar-refractivity contribution is 6.02. The zero-order chi connectivity index (χ0) is 20.1. The lowest BCUT2D eigenvalue weighted by Crippen LogP contribution is -2.47. The number of rotatable bonds is 6. The van der Waals surface area contributed by atoms with Crippen LogP contribution in [0.25, 0.3) is 0 Å². The quantitative estimate of drug-likeness (QED) is 0.759. The number of carbonyl (C=O) groups excluding carboxylic acids is 3. The second kappa shape index (κ2) is 8.53. The van der Waals surface area contributed by atoms with Gasteiger partial charge in [-0.15, -0.1) is 0 Å². The number of benzene rings is 2. The van der Waals surface area contributed by atoms with Gasteiger partial charge in [0.1, 0.15) is 23.2 Å². The van der Waals surface area contributed by atoms with Crippen LogP contribution >= 0.6 is 0 Å². The molecule has 1 atom stereocenters. The van der Waals surface area contributed by atoms with Gasteiger partial charge in [-0.3, -0.25) is 14.4 Å². The zero-order valence-electron chi connectivity index (χ0n) is 15.2. The van der Waals surface area contributed by atoms with Crippen LogP contribution < -0.4 is 10.6 Å². The summed E-state index contributed by atoms with van der Waals surface area (Å²) in [6.45, 7) is 4.82. The van der Waals surface area contributed by atoms with Crippen molar-refractivity contribution in [1.29, 1.82) is 0 Å². The van der Waals surface area contributed by atoms with Gasteiger partial charge in [-0.25, -0.2) is 8.78 Å². The van der Waals surface area contributed by atoms with E-state index >= 15 is 0 Å². The first-order valence-electron chi connectivity index (χ1n) is 8.37. The Morgan fingerprint density at radius 1 is 0.926 bits per heavy atom. The van der Waals surface area contributed by atoms with Crippen LogP contribution in [-0.2, 0) is 4.79 Å². The molecule has 2 aromatic carbocycles. The fraction of sp³-hybridized carbons (Fsp3) is 0.250. The van der Waals surface area contributed by atoms with Crippen molar-refractivity contribution in [3.05, 3.63) is 65.2 Å². The molecule has 5 nitrogen and oxygen atoms in total. The van der Waals surface area contributed by atoms with Crippen molar-refractivity contribution in [3.63, 3.8) is 0 Å². The molecule has 2 N–H and O–H groups in total. The van der Waals surface area contributed by atoms with E-state index in [1.807, 2.05) is 0 Å². The third-order valence-corrected chi connectivity index (χ3v) is 3.98. The number of anilines is 1. The summed E-state index contributed by atoms with van der Waals surface area (Å²) in [6, 6.07) is 8.33. The lowest BCUT2D eigenvalue weighted by Gasteiger charge is -2.22. The summed E-state index contributed by atoms with van der Waals surface area (Å²) >= 11 is 0. The molecular formula is C20H20F2N2O3. The van der Waals surface area contributed by atoms with Gasteiger partial charge >= 0.3 is 0 Å².